The van der Waals surface area contributed by atoms with Gasteiger partial charge in [0.05, 0.1) is 28.3 Å². The average Bonchev–Trinajstić information content (AvgIpc) is 3.62. The molecule has 61 heavy (non-hydrogen) atoms. The summed E-state index contributed by atoms with van der Waals surface area (Å²) in [4.78, 5) is 22.4. The Kier molecular flexibility index (Phi) is 11.0. The Bertz CT molecular complexity index is 3290. The Labute approximate surface area is 345 Å². The summed E-state index contributed by atoms with van der Waals surface area (Å²) in [5, 5.41) is 57.0. The number of carbonyl (C=O) groups is 2. The number of aromatic carboxylic acids is 1. The minimum atomic E-state index is -4.88. The van der Waals surface area contributed by atoms with Crippen LogP contribution in [0.5, 0.6) is 5.75 Å². The molecule has 0 radical (unpaired) electrons. The lowest BCUT2D eigenvalue weighted by Crippen LogP contribution is -2.07. The van der Waals surface area contributed by atoms with Gasteiger partial charge in [0.15, 0.2) is 5.75 Å². The molecule has 0 bridgehead atoms. The minimum Gasteiger partial charge on any atom is -0.505 e. The largest absolute Gasteiger partial charge is 0.505 e. The molecule has 0 saturated carbocycles. The molecule has 0 aliphatic heterocycles. The van der Waals surface area contributed by atoms with Gasteiger partial charge in [-0.2, -0.15) is 37.3 Å². The van der Waals surface area contributed by atoms with Gasteiger partial charge in [-0.05, 0) is 122 Å². The van der Waals surface area contributed by atoms with E-state index in [1.165, 1.54) is 42.5 Å². The molecular formula is C39H30N10O10S2. The van der Waals surface area contributed by atoms with Crippen molar-refractivity contribution in [3.8, 4) is 11.4 Å². The molecule has 7 aromatic rings. The number of hydrogen-bond acceptors (Lipinski definition) is 15. The Hall–Kier alpha value is -7.66. The third-order valence-corrected chi connectivity index (χ3v) is 10.9. The van der Waals surface area contributed by atoms with Crippen LogP contribution in [0.4, 0.5) is 39.8 Å². The predicted octanol–water partition coefficient (Wildman–Crippen LogP) is 9.21. The second-order valence-corrected chi connectivity index (χ2v) is 16.1. The molecule has 1 heterocycles. The number of carboxylic acids is 1. The number of para-hydroxylation sites is 1. The summed E-state index contributed by atoms with van der Waals surface area (Å²) in [6.45, 7) is 5.15. The van der Waals surface area contributed by atoms with Crippen LogP contribution in [-0.2, 0) is 25.0 Å². The van der Waals surface area contributed by atoms with E-state index < -0.39 is 47.4 Å². The molecule has 308 valence electrons. The zero-order valence-electron chi connectivity index (χ0n) is 31.8. The second-order valence-electron chi connectivity index (χ2n) is 13.3. The first-order chi connectivity index (χ1) is 28.9. The first-order valence-electron chi connectivity index (χ1n) is 17.6. The fourth-order valence-electron chi connectivity index (χ4n) is 6.10. The van der Waals surface area contributed by atoms with Crippen molar-refractivity contribution in [1.29, 1.82) is 0 Å². The maximum Gasteiger partial charge on any atom is 0.337 e. The fourth-order valence-corrected chi connectivity index (χ4v) is 7.38. The van der Waals surface area contributed by atoms with Crippen molar-refractivity contribution in [3.63, 3.8) is 0 Å². The topological polar surface area (TPSA) is 300 Å². The predicted molar refractivity (Wildman–Crippen MR) is 220 cm³/mol. The van der Waals surface area contributed by atoms with Crippen molar-refractivity contribution in [2.45, 2.75) is 30.6 Å². The third kappa shape index (κ3) is 8.72. The number of benzene rings is 6. The lowest BCUT2D eigenvalue weighted by atomic mass is 10.1. The van der Waals surface area contributed by atoms with Gasteiger partial charge >= 0.3 is 5.97 Å². The molecule has 0 atom stereocenters. The van der Waals surface area contributed by atoms with Crippen molar-refractivity contribution in [1.82, 2.24) is 15.0 Å². The standard InChI is InChI=1S/C39H30N10O10S2/c1-20-12-25(9-11-28(20)42-45-33-17-31-32(18-35(33)60(54,55)56)48-49(47-31)34-7-5-4-6-27(34)39(52)53)41-43-29-13-22(3)30(14-21(29)2)44-46-37-36(61(57,58)59)16-23-15-24(40-19-50)8-10-26(23)38(37)51/h4-19,51H,1-3H3,(H,40,50)(H,52,53)(H,54,55,56)(H,57,58,59). The van der Waals surface area contributed by atoms with Gasteiger partial charge in [0.1, 0.15) is 37.9 Å². The van der Waals surface area contributed by atoms with Crippen molar-refractivity contribution < 1.29 is 45.7 Å². The SMILES string of the molecule is Cc1cc(N=Nc2c(S(=O)(=O)O)cc3cc(NC=O)ccc3c2O)c(C)cc1N=Nc1ccc(N=Nc2cc3nn(-c4ccccc4C(=O)O)nc3cc2S(=O)(=O)O)c(C)c1. The number of nitrogens with one attached hydrogen (secondary N) is 1. The number of aryl methyl sites for hydroxylation is 3. The number of azo groups is 3. The monoisotopic (exact) mass is 862 g/mol. The van der Waals surface area contributed by atoms with E-state index in [2.05, 4.69) is 46.2 Å². The lowest BCUT2D eigenvalue weighted by Gasteiger charge is -2.10. The molecule has 20 nitrogen and oxygen atoms in total. The van der Waals surface area contributed by atoms with Gasteiger partial charge in [-0.15, -0.1) is 25.2 Å². The van der Waals surface area contributed by atoms with Crippen LogP contribution in [-0.4, -0.2) is 63.5 Å². The number of amides is 1. The highest BCUT2D eigenvalue weighted by atomic mass is 32.2. The number of hydrogen-bond donors (Lipinski definition) is 5. The van der Waals surface area contributed by atoms with E-state index in [0.717, 1.165) is 16.9 Å². The molecule has 0 saturated heterocycles. The van der Waals surface area contributed by atoms with Crippen LogP contribution in [0.1, 0.15) is 27.0 Å². The molecule has 1 amide bonds. The molecule has 0 fully saturated rings. The van der Waals surface area contributed by atoms with E-state index in [4.69, 9.17) is 0 Å². The highest BCUT2D eigenvalue weighted by Crippen LogP contribution is 2.43. The maximum atomic E-state index is 12.3. The number of fused-ring (bicyclic) bond motifs is 2. The smallest absolute Gasteiger partial charge is 0.337 e. The van der Waals surface area contributed by atoms with Gasteiger partial charge in [-0.1, -0.05) is 12.1 Å². The van der Waals surface area contributed by atoms with Gasteiger partial charge in [-0.3, -0.25) is 13.9 Å². The highest BCUT2D eigenvalue weighted by Gasteiger charge is 2.23. The van der Waals surface area contributed by atoms with Gasteiger partial charge in [0, 0.05) is 11.1 Å². The number of phenolic OH excluding ortho intramolecular Hbond substituents is 1. The first kappa shape index (κ1) is 41.5. The third-order valence-electron chi connectivity index (χ3n) is 9.13. The summed E-state index contributed by atoms with van der Waals surface area (Å²) in [6, 6.07) is 21.9. The number of rotatable bonds is 12. The van der Waals surface area contributed by atoms with Gasteiger partial charge in [0.25, 0.3) is 20.2 Å². The van der Waals surface area contributed by atoms with Gasteiger partial charge < -0.3 is 15.5 Å². The van der Waals surface area contributed by atoms with Crippen LogP contribution in [0.2, 0.25) is 0 Å². The molecule has 1 aromatic heterocycles. The van der Waals surface area contributed by atoms with Crippen molar-refractivity contribution in [2.75, 3.05) is 5.32 Å². The Balaban J connectivity index is 1.13. The van der Waals surface area contributed by atoms with E-state index in [1.54, 1.807) is 57.2 Å². The van der Waals surface area contributed by atoms with Crippen LogP contribution in [0.3, 0.4) is 0 Å². The molecule has 0 aliphatic carbocycles. The summed E-state index contributed by atoms with van der Waals surface area (Å²) in [6.07, 6.45) is 0.434. The zero-order valence-corrected chi connectivity index (χ0v) is 33.5. The fraction of sp³-hybridized carbons (Fsp3) is 0.0769. The van der Waals surface area contributed by atoms with Crippen molar-refractivity contribution in [3.05, 3.63) is 113 Å². The van der Waals surface area contributed by atoms with Crippen LogP contribution in [0.15, 0.2) is 131 Å². The van der Waals surface area contributed by atoms with Crippen LogP contribution >= 0.6 is 0 Å². The number of carbonyl (C=O) groups excluding carboxylic acids is 1. The molecule has 7 rings (SSSR count). The Morgan fingerprint density at radius 3 is 1.92 bits per heavy atom. The highest BCUT2D eigenvalue weighted by molar-refractivity contribution is 7.86. The second kappa shape index (κ2) is 16.2. The molecular weight excluding hydrogens is 833 g/mol. The zero-order chi connectivity index (χ0) is 43.8. The molecule has 0 aliphatic rings. The first-order valence-corrected chi connectivity index (χ1v) is 20.4. The van der Waals surface area contributed by atoms with Gasteiger partial charge in [-0.25, -0.2) is 4.79 Å². The van der Waals surface area contributed by atoms with E-state index >= 15 is 0 Å². The number of aromatic hydroxyl groups is 1. The normalized spacial score (nSPS) is 12.3. The van der Waals surface area contributed by atoms with Gasteiger partial charge in [0.2, 0.25) is 6.41 Å². The average molecular weight is 863 g/mol. The van der Waals surface area contributed by atoms with E-state index in [-0.39, 0.29) is 38.7 Å². The van der Waals surface area contributed by atoms with E-state index in [1.807, 2.05) is 0 Å². The summed E-state index contributed by atoms with van der Waals surface area (Å²) >= 11 is 0. The number of carboxylic acid groups (broad SMARTS) is 1. The number of phenols is 1. The summed E-state index contributed by atoms with van der Waals surface area (Å²) < 4.78 is 69.2. The molecule has 0 unspecified atom stereocenters. The Morgan fingerprint density at radius 1 is 0.672 bits per heavy atom. The van der Waals surface area contributed by atoms with Crippen molar-refractivity contribution in [2.24, 2.45) is 30.7 Å². The van der Waals surface area contributed by atoms with Crippen molar-refractivity contribution >= 4 is 94.2 Å². The number of anilines is 1. The molecule has 6 aromatic carbocycles. The van der Waals surface area contributed by atoms with E-state index in [9.17, 15) is 45.7 Å². The quantitative estimate of drug-likeness (QED) is 0.0436. The molecule has 22 heteroatoms. The number of aromatic nitrogens is 3. The van der Waals surface area contributed by atoms with E-state index in [0.29, 0.717) is 51.5 Å². The Morgan fingerprint density at radius 2 is 1.28 bits per heavy atom. The minimum absolute atomic E-state index is 0.0449. The number of nitrogens with zero attached hydrogens (tertiary/aromatic N) is 9. The van der Waals surface area contributed by atoms with Crippen LogP contribution < -0.4 is 5.32 Å². The summed E-state index contributed by atoms with van der Waals surface area (Å²) in [5.74, 6) is -1.77. The van der Waals surface area contributed by atoms with Crippen LogP contribution in [0.25, 0.3) is 27.5 Å². The summed E-state index contributed by atoms with van der Waals surface area (Å²) in [7, 11) is -9.69. The molecule has 5 N–H and O–H groups in total. The van der Waals surface area contributed by atoms with Crippen LogP contribution in [0, 0.1) is 20.8 Å². The lowest BCUT2D eigenvalue weighted by molar-refractivity contribution is -0.105. The maximum absolute atomic E-state index is 12.3. The molecule has 0 spiro atoms. The summed E-state index contributed by atoms with van der Waals surface area (Å²) in [5.41, 5.74) is 3.08.